The number of ether oxygens (including phenoxy) is 1. The lowest BCUT2D eigenvalue weighted by Gasteiger charge is -2.72. The molecule has 2 aliphatic carbocycles. The Labute approximate surface area is 180 Å². The van der Waals surface area contributed by atoms with Gasteiger partial charge in [-0.05, 0) is 55.2 Å². The van der Waals surface area contributed by atoms with E-state index in [1.807, 2.05) is 6.92 Å². The number of carbonyl (C=O) groups is 1. The first kappa shape index (κ1) is 19.8. The summed E-state index contributed by atoms with van der Waals surface area (Å²) in [7, 11) is 0. The highest BCUT2D eigenvalue weighted by molar-refractivity contribution is 5.78. The van der Waals surface area contributed by atoms with Crippen LogP contribution >= 0.6 is 0 Å². The molecule has 2 aromatic carbocycles. The Morgan fingerprint density at radius 1 is 1.03 bits per heavy atom. The van der Waals surface area contributed by atoms with Crippen LogP contribution in [-0.2, 0) is 27.9 Å². The van der Waals surface area contributed by atoms with Gasteiger partial charge in [-0.25, -0.2) is 0 Å². The summed E-state index contributed by atoms with van der Waals surface area (Å²) in [5.41, 5.74) is 3.93. The zero-order chi connectivity index (χ0) is 21.1. The number of hydrogen-bond donors (Lipinski definition) is 0. The Hall–Kier alpha value is -2.13. The maximum atomic E-state index is 13.3. The Balaban J connectivity index is 1.65. The molecule has 158 valence electrons. The number of rotatable bonds is 4. The molecule has 2 heterocycles. The first-order valence-corrected chi connectivity index (χ1v) is 11.4. The van der Waals surface area contributed by atoms with Crippen molar-refractivity contribution in [3.63, 3.8) is 0 Å². The Morgan fingerprint density at radius 3 is 2.47 bits per heavy atom. The second-order valence-corrected chi connectivity index (χ2v) is 10.3. The van der Waals surface area contributed by atoms with Crippen LogP contribution in [0.5, 0.6) is 0 Å². The SMILES string of the molecule is CCOC(=O)C1(C)C[C@]2(C)C3Cc4ccccc4[C@]2(C)CC1N3Cc1ccccc1. The smallest absolute Gasteiger partial charge is 0.313 e. The van der Waals surface area contributed by atoms with Crippen LogP contribution in [-0.4, -0.2) is 29.6 Å². The number of fused-ring (bicyclic) bond motifs is 2. The molecule has 0 spiro atoms. The molecule has 0 aromatic heterocycles. The van der Waals surface area contributed by atoms with Gasteiger partial charge in [0.2, 0.25) is 0 Å². The summed E-state index contributed by atoms with van der Waals surface area (Å²) in [6.07, 6.45) is 2.95. The van der Waals surface area contributed by atoms with E-state index in [-0.39, 0.29) is 22.8 Å². The van der Waals surface area contributed by atoms with Crippen LogP contribution in [0.1, 0.15) is 57.2 Å². The van der Waals surface area contributed by atoms with Crippen molar-refractivity contribution in [1.29, 1.82) is 0 Å². The highest BCUT2D eigenvalue weighted by atomic mass is 16.5. The average Bonchev–Trinajstić information content (AvgIpc) is 2.73. The normalized spacial score (nSPS) is 36.9. The lowest BCUT2D eigenvalue weighted by molar-refractivity contribution is -0.212. The third kappa shape index (κ3) is 2.51. The zero-order valence-electron chi connectivity index (χ0n) is 18.7. The number of carbonyl (C=O) groups excluding carboxylic acids is 1. The molecular formula is C27H33NO2. The van der Waals surface area contributed by atoms with Crippen LogP contribution < -0.4 is 0 Å². The van der Waals surface area contributed by atoms with Crippen LogP contribution in [0.25, 0.3) is 0 Å². The summed E-state index contributed by atoms with van der Waals surface area (Å²) in [4.78, 5) is 15.9. The van der Waals surface area contributed by atoms with Gasteiger partial charge >= 0.3 is 5.97 Å². The first-order chi connectivity index (χ1) is 14.3. The van der Waals surface area contributed by atoms with Crippen LogP contribution in [0.3, 0.4) is 0 Å². The molecule has 4 aliphatic rings. The highest BCUT2D eigenvalue weighted by Crippen LogP contribution is 2.68. The van der Waals surface area contributed by atoms with E-state index in [9.17, 15) is 4.79 Å². The van der Waals surface area contributed by atoms with Crippen molar-refractivity contribution in [3.05, 3.63) is 71.3 Å². The molecule has 2 aliphatic heterocycles. The van der Waals surface area contributed by atoms with Gasteiger partial charge in [0.25, 0.3) is 0 Å². The van der Waals surface area contributed by atoms with Crippen molar-refractivity contribution < 1.29 is 9.53 Å². The summed E-state index contributed by atoms with van der Waals surface area (Å²) < 4.78 is 5.64. The van der Waals surface area contributed by atoms with Gasteiger partial charge in [0, 0.05) is 24.0 Å². The standard InChI is InChI=1S/C27H33NO2/c1-5-30-24(29)25(2)18-27(4)22-15-20-13-9-10-14-21(20)26(27,3)16-23(25)28(22)17-19-11-7-6-8-12-19/h6-14,22-23H,5,15-18H2,1-4H3/t22?,23?,25?,26-,27+/m0/s1. The van der Waals surface area contributed by atoms with Gasteiger partial charge in [-0.15, -0.1) is 0 Å². The van der Waals surface area contributed by atoms with E-state index in [0.717, 1.165) is 25.8 Å². The molecule has 0 radical (unpaired) electrons. The molecule has 3 heteroatoms. The number of benzene rings is 2. The van der Waals surface area contributed by atoms with Crippen molar-refractivity contribution in [2.75, 3.05) is 6.61 Å². The summed E-state index contributed by atoms with van der Waals surface area (Å²) in [6.45, 7) is 10.3. The predicted molar refractivity (Wildman–Crippen MR) is 119 cm³/mol. The highest BCUT2D eigenvalue weighted by Gasteiger charge is 2.70. The molecule has 0 N–H and O–H groups in total. The molecular weight excluding hydrogens is 370 g/mol. The minimum atomic E-state index is -0.470. The Morgan fingerprint density at radius 2 is 1.73 bits per heavy atom. The van der Waals surface area contributed by atoms with Crippen molar-refractivity contribution >= 4 is 5.97 Å². The van der Waals surface area contributed by atoms with Crippen LogP contribution in [0.4, 0.5) is 0 Å². The van der Waals surface area contributed by atoms with Gasteiger partial charge < -0.3 is 4.74 Å². The number of nitrogens with zero attached hydrogens (tertiary/aromatic N) is 1. The Bertz CT molecular complexity index is 972. The predicted octanol–water partition coefficient (Wildman–Crippen LogP) is 5.12. The maximum absolute atomic E-state index is 13.3. The fourth-order valence-electron chi connectivity index (χ4n) is 7.20. The molecule has 3 unspecified atom stereocenters. The van der Waals surface area contributed by atoms with Gasteiger partial charge in [0.1, 0.15) is 0 Å². The minimum Gasteiger partial charge on any atom is -0.466 e. The molecule has 6 rings (SSSR count). The lowest BCUT2D eigenvalue weighted by Crippen LogP contribution is -2.77. The average molecular weight is 404 g/mol. The van der Waals surface area contributed by atoms with E-state index in [1.54, 1.807) is 0 Å². The summed E-state index contributed by atoms with van der Waals surface area (Å²) in [5, 5.41) is 0. The summed E-state index contributed by atoms with van der Waals surface area (Å²) in [6, 6.07) is 20.3. The molecule has 2 aromatic rings. The third-order valence-electron chi connectivity index (χ3n) is 8.84. The van der Waals surface area contributed by atoms with E-state index in [4.69, 9.17) is 4.74 Å². The third-order valence-corrected chi connectivity index (χ3v) is 8.84. The number of hydrogen-bond acceptors (Lipinski definition) is 3. The fourth-order valence-corrected chi connectivity index (χ4v) is 7.20. The van der Waals surface area contributed by atoms with Gasteiger partial charge in [0.05, 0.1) is 12.0 Å². The van der Waals surface area contributed by atoms with Gasteiger partial charge in [-0.3, -0.25) is 9.69 Å². The summed E-state index contributed by atoms with van der Waals surface area (Å²) in [5.74, 6) is -0.0198. The van der Waals surface area contributed by atoms with Gasteiger partial charge in [-0.1, -0.05) is 68.4 Å². The van der Waals surface area contributed by atoms with Gasteiger partial charge in [-0.2, -0.15) is 0 Å². The van der Waals surface area contributed by atoms with E-state index in [1.165, 1.54) is 16.7 Å². The molecule has 2 saturated heterocycles. The molecule has 3 nitrogen and oxygen atoms in total. The first-order valence-electron chi connectivity index (χ1n) is 11.4. The van der Waals surface area contributed by atoms with Crippen molar-refractivity contribution in [2.45, 2.75) is 71.0 Å². The molecule has 0 amide bonds. The van der Waals surface area contributed by atoms with E-state index in [0.29, 0.717) is 12.6 Å². The topological polar surface area (TPSA) is 29.5 Å². The van der Waals surface area contributed by atoms with Crippen LogP contribution in [0, 0.1) is 10.8 Å². The molecule has 1 saturated carbocycles. The second-order valence-electron chi connectivity index (χ2n) is 10.3. The lowest BCUT2D eigenvalue weighted by atomic mass is 9.39. The zero-order valence-corrected chi connectivity index (χ0v) is 18.7. The van der Waals surface area contributed by atoms with E-state index in [2.05, 4.69) is 80.3 Å². The van der Waals surface area contributed by atoms with E-state index < -0.39 is 5.41 Å². The van der Waals surface area contributed by atoms with Crippen molar-refractivity contribution in [3.8, 4) is 0 Å². The van der Waals surface area contributed by atoms with Gasteiger partial charge in [0.15, 0.2) is 0 Å². The van der Waals surface area contributed by atoms with E-state index >= 15 is 0 Å². The second kappa shape index (κ2) is 6.68. The molecule has 30 heavy (non-hydrogen) atoms. The molecule has 3 fully saturated rings. The molecule has 4 bridgehead atoms. The monoisotopic (exact) mass is 403 g/mol. The number of esters is 1. The summed E-state index contributed by atoms with van der Waals surface area (Å²) >= 11 is 0. The van der Waals surface area contributed by atoms with Crippen molar-refractivity contribution in [2.24, 2.45) is 10.8 Å². The minimum absolute atomic E-state index is 0.0198. The Kier molecular flexibility index (Phi) is 4.41. The van der Waals surface area contributed by atoms with Crippen molar-refractivity contribution in [1.82, 2.24) is 4.90 Å². The largest absolute Gasteiger partial charge is 0.466 e. The maximum Gasteiger partial charge on any atom is 0.313 e. The number of piperidine rings is 2. The fraction of sp³-hybridized carbons (Fsp3) is 0.519. The van der Waals surface area contributed by atoms with Crippen LogP contribution in [0.15, 0.2) is 54.6 Å². The van der Waals surface area contributed by atoms with Crippen LogP contribution in [0.2, 0.25) is 0 Å². The molecule has 5 atom stereocenters. The quantitative estimate of drug-likeness (QED) is 0.664.